The van der Waals surface area contributed by atoms with E-state index in [1.165, 1.54) is 12.1 Å². The number of methoxy groups -OCH3 is 1. The van der Waals surface area contributed by atoms with E-state index in [-0.39, 0.29) is 11.9 Å². The molecule has 1 fully saturated rings. The van der Waals surface area contributed by atoms with Gasteiger partial charge < -0.3 is 14.4 Å². The number of likely N-dealkylation sites (tertiary alicyclic amines) is 1. The lowest BCUT2D eigenvalue weighted by molar-refractivity contribution is 0.0241. The van der Waals surface area contributed by atoms with Crippen LogP contribution < -0.4 is 4.74 Å². The molecule has 5 nitrogen and oxygen atoms in total. The van der Waals surface area contributed by atoms with Gasteiger partial charge in [0.15, 0.2) is 0 Å². The van der Waals surface area contributed by atoms with E-state index in [9.17, 15) is 9.18 Å². The number of nitrogens with zero attached hydrogens (tertiary/aromatic N) is 2. The second-order valence-electron chi connectivity index (χ2n) is 8.06. The first-order valence-corrected chi connectivity index (χ1v) is 9.17. The second-order valence-corrected chi connectivity index (χ2v) is 8.06. The van der Waals surface area contributed by atoms with Gasteiger partial charge in [0.1, 0.15) is 17.2 Å². The Balaban J connectivity index is 1.93. The molecule has 146 valence electrons. The number of hydrogen-bond acceptors (Lipinski definition) is 4. The lowest BCUT2D eigenvalue weighted by Gasteiger charge is -2.35. The Kier molecular flexibility index (Phi) is 6.87. The Hall–Kier alpha value is -1.82. The van der Waals surface area contributed by atoms with Crippen LogP contribution in [0.15, 0.2) is 18.2 Å². The molecule has 0 spiro atoms. The number of amides is 1. The molecule has 1 atom stereocenters. The average Bonchev–Trinajstić information content (AvgIpc) is 2.54. The van der Waals surface area contributed by atoms with Crippen LogP contribution in [0.2, 0.25) is 0 Å². The van der Waals surface area contributed by atoms with E-state index in [1.807, 2.05) is 20.8 Å². The molecular weight excluding hydrogens is 335 g/mol. The minimum atomic E-state index is -0.488. The van der Waals surface area contributed by atoms with Crippen LogP contribution in [-0.4, -0.2) is 55.3 Å². The van der Waals surface area contributed by atoms with E-state index in [0.717, 1.165) is 31.5 Å². The topological polar surface area (TPSA) is 42.0 Å². The molecule has 26 heavy (non-hydrogen) atoms. The molecule has 0 aliphatic carbocycles. The number of carbonyl (C=O) groups excluding carboxylic acids is 1. The fourth-order valence-corrected chi connectivity index (χ4v) is 3.36. The molecule has 1 aliphatic rings. The van der Waals surface area contributed by atoms with Gasteiger partial charge in [-0.05, 0) is 64.3 Å². The molecule has 6 heteroatoms. The Morgan fingerprint density at radius 3 is 2.77 bits per heavy atom. The Bertz CT molecular complexity index is 616. The minimum absolute atomic E-state index is 0.251. The summed E-state index contributed by atoms with van der Waals surface area (Å²) < 4.78 is 24.3. The molecule has 0 radical (unpaired) electrons. The van der Waals surface area contributed by atoms with Gasteiger partial charge in [0, 0.05) is 32.2 Å². The maximum absolute atomic E-state index is 13.6. The molecular formula is C20H31FN2O3. The molecule has 0 bridgehead atoms. The third-order valence-corrected chi connectivity index (χ3v) is 4.48. The van der Waals surface area contributed by atoms with Gasteiger partial charge in [-0.15, -0.1) is 0 Å². The summed E-state index contributed by atoms with van der Waals surface area (Å²) in [7, 11) is 3.38. The van der Waals surface area contributed by atoms with E-state index in [0.29, 0.717) is 24.8 Å². The summed E-state index contributed by atoms with van der Waals surface area (Å²) in [6, 6.07) is 4.62. The van der Waals surface area contributed by atoms with E-state index >= 15 is 0 Å². The molecule has 1 aromatic carbocycles. The van der Waals surface area contributed by atoms with Crippen LogP contribution >= 0.6 is 0 Å². The minimum Gasteiger partial charge on any atom is -0.496 e. The number of hydrogen-bond donors (Lipinski definition) is 0. The molecule has 2 rings (SSSR count). The molecule has 1 aromatic rings. The van der Waals surface area contributed by atoms with Crippen molar-refractivity contribution in [3.8, 4) is 5.75 Å². The van der Waals surface area contributed by atoms with Crippen molar-refractivity contribution in [2.24, 2.45) is 5.92 Å². The van der Waals surface area contributed by atoms with Crippen molar-refractivity contribution in [2.75, 3.05) is 33.8 Å². The Morgan fingerprint density at radius 1 is 1.38 bits per heavy atom. The number of piperidine rings is 1. The van der Waals surface area contributed by atoms with Gasteiger partial charge in [-0.25, -0.2) is 9.18 Å². The zero-order valence-electron chi connectivity index (χ0n) is 16.5. The third-order valence-electron chi connectivity index (χ3n) is 4.48. The van der Waals surface area contributed by atoms with Crippen LogP contribution in [0.25, 0.3) is 0 Å². The summed E-state index contributed by atoms with van der Waals surface area (Å²) in [4.78, 5) is 16.1. The standard InChI is InChI=1S/C20H31FN2O3/c1-20(2,3)26-19(24)22(4)12-15-7-6-10-23(13-15)14-16-11-17(21)8-9-18(16)25-5/h8-9,11,15H,6-7,10,12-14H2,1-5H3. The molecule has 1 amide bonds. The van der Waals surface area contributed by atoms with Crippen LogP contribution in [-0.2, 0) is 11.3 Å². The van der Waals surface area contributed by atoms with Crippen LogP contribution in [0.4, 0.5) is 9.18 Å². The van der Waals surface area contributed by atoms with Crippen molar-refractivity contribution in [3.63, 3.8) is 0 Å². The summed E-state index contributed by atoms with van der Waals surface area (Å²) >= 11 is 0. The highest BCUT2D eigenvalue weighted by molar-refractivity contribution is 5.67. The highest BCUT2D eigenvalue weighted by Gasteiger charge is 2.26. The van der Waals surface area contributed by atoms with Crippen molar-refractivity contribution in [1.82, 2.24) is 9.80 Å². The van der Waals surface area contributed by atoms with Gasteiger partial charge in [0.25, 0.3) is 0 Å². The molecule has 1 heterocycles. The monoisotopic (exact) mass is 366 g/mol. The second kappa shape index (κ2) is 8.71. The Morgan fingerprint density at radius 2 is 2.12 bits per heavy atom. The van der Waals surface area contributed by atoms with E-state index in [1.54, 1.807) is 25.1 Å². The van der Waals surface area contributed by atoms with Crippen LogP contribution in [0.5, 0.6) is 5.75 Å². The van der Waals surface area contributed by atoms with Crippen molar-refractivity contribution >= 4 is 6.09 Å². The number of benzene rings is 1. The SMILES string of the molecule is COc1ccc(F)cc1CN1CCCC(CN(C)C(=O)OC(C)(C)C)C1. The van der Waals surface area contributed by atoms with Crippen molar-refractivity contribution in [3.05, 3.63) is 29.6 Å². The van der Waals surface area contributed by atoms with Gasteiger partial charge in [-0.3, -0.25) is 4.90 Å². The normalized spacial score (nSPS) is 18.5. The smallest absolute Gasteiger partial charge is 0.410 e. The van der Waals surface area contributed by atoms with Gasteiger partial charge in [0.05, 0.1) is 7.11 Å². The maximum atomic E-state index is 13.6. The van der Waals surface area contributed by atoms with Gasteiger partial charge >= 0.3 is 6.09 Å². The van der Waals surface area contributed by atoms with E-state index in [2.05, 4.69) is 4.90 Å². The van der Waals surface area contributed by atoms with E-state index < -0.39 is 5.60 Å². The summed E-state index contributed by atoms with van der Waals surface area (Å²) in [6.07, 6.45) is 1.84. The number of carbonyl (C=O) groups is 1. The lowest BCUT2D eigenvalue weighted by atomic mass is 9.97. The quantitative estimate of drug-likeness (QED) is 0.792. The zero-order chi connectivity index (χ0) is 19.3. The lowest BCUT2D eigenvalue weighted by Crippen LogP contribution is -2.42. The van der Waals surface area contributed by atoms with Crippen molar-refractivity contribution in [2.45, 2.75) is 45.8 Å². The fourth-order valence-electron chi connectivity index (χ4n) is 3.36. The highest BCUT2D eigenvalue weighted by Crippen LogP contribution is 2.25. The van der Waals surface area contributed by atoms with Crippen LogP contribution in [0.3, 0.4) is 0 Å². The zero-order valence-corrected chi connectivity index (χ0v) is 16.5. The Labute approximate surface area is 156 Å². The van der Waals surface area contributed by atoms with Gasteiger partial charge in [-0.2, -0.15) is 0 Å². The highest BCUT2D eigenvalue weighted by atomic mass is 19.1. The molecule has 1 aliphatic heterocycles. The largest absolute Gasteiger partial charge is 0.496 e. The number of halogens is 1. The van der Waals surface area contributed by atoms with E-state index in [4.69, 9.17) is 9.47 Å². The third kappa shape index (κ3) is 6.16. The van der Waals surface area contributed by atoms with Gasteiger partial charge in [0.2, 0.25) is 0 Å². The van der Waals surface area contributed by atoms with Crippen molar-refractivity contribution in [1.29, 1.82) is 0 Å². The first-order valence-electron chi connectivity index (χ1n) is 9.17. The van der Waals surface area contributed by atoms with Crippen LogP contribution in [0, 0.1) is 11.7 Å². The first kappa shape index (κ1) is 20.5. The first-order chi connectivity index (χ1) is 12.2. The number of rotatable bonds is 5. The maximum Gasteiger partial charge on any atom is 0.410 e. The molecule has 1 unspecified atom stereocenters. The molecule has 0 N–H and O–H groups in total. The predicted octanol–water partition coefficient (Wildman–Crippen LogP) is 3.91. The van der Waals surface area contributed by atoms with Crippen molar-refractivity contribution < 1.29 is 18.7 Å². The number of ether oxygens (including phenoxy) is 2. The average molecular weight is 366 g/mol. The van der Waals surface area contributed by atoms with Gasteiger partial charge in [-0.1, -0.05) is 0 Å². The summed E-state index contributed by atoms with van der Waals surface area (Å²) in [5.74, 6) is 0.833. The fraction of sp³-hybridized carbons (Fsp3) is 0.650. The molecule has 1 saturated heterocycles. The summed E-state index contributed by atoms with van der Waals surface area (Å²) in [5, 5.41) is 0. The summed E-state index contributed by atoms with van der Waals surface area (Å²) in [5.41, 5.74) is 0.367. The predicted molar refractivity (Wildman–Crippen MR) is 99.8 cm³/mol. The van der Waals surface area contributed by atoms with Crippen LogP contribution in [0.1, 0.15) is 39.2 Å². The summed E-state index contributed by atoms with van der Waals surface area (Å²) in [6.45, 7) is 8.74. The molecule has 0 saturated carbocycles. The molecule has 0 aromatic heterocycles.